The smallest absolute Gasteiger partial charge is 0.0826 e. The van der Waals surface area contributed by atoms with Gasteiger partial charge in [0.1, 0.15) is 0 Å². The summed E-state index contributed by atoms with van der Waals surface area (Å²) in [7, 11) is 2.14. The van der Waals surface area contributed by atoms with Gasteiger partial charge in [-0.05, 0) is 24.7 Å². The Hall–Kier alpha value is -0.420. The maximum Gasteiger partial charge on any atom is 0.0826 e. The minimum atomic E-state index is 0.323. The molecule has 1 fully saturated rings. The molecule has 1 N–H and O–H groups in total. The van der Waals surface area contributed by atoms with Gasteiger partial charge in [0.05, 0.1) is 12.7 Å². The third-order valence-corrected chi connectivity index (χ3v) is 3.48. The molecule has 1 aliphatic rings. The number of nitrogens with one attached hydrogen (secondary N) is 1. The second kappa shape index (κ2) is 6.50. The van der Waals surface area contributed by atoms with E-state index >= 15 is 0 Å². The predicted octanol–water partition coefficient (Wildman–Crippen LogP) is 1.87. The molecule has 17 heavy (non-hydrogen) atoms. The van der Waals surface area contributed by atoms with Crippen LogP contribution in [0, 0.1) is 0 Å². The molecule has 0 amide bonds. The quantitative estimate of drug-likeness (QED) is 0.918. The van der Waals surface area contributed by atoms with Crippen LogP contribution in [-0.2, 0) is 11.3 Å². The van der Waals surface area contributed by atoms with Gasteiger partial charge >= 0.3 is 0 Å². The predicted molar refractivity (Wildman–Crippen MR) is 73.1 cm³/mol. The van der Waals surface area contributed by atoms with Gasteiger partial charge in [0.2, 0.25) is 0 Å². The van der Waals surface area contributed by atoms with Crippen LogP contribution in [0.4, 0.5) is 0 Å². The number of halogens is 1. The van der Waals surface area contributed by atoms with Crippen molar-refractivity contribution < 1.29 is 4.74 Å². The van der Waals surface area contributed by atoms with Crippen molar-refractivity contribution >= 4 is 15.9 Å². The molecule has 0 bridgehead atoms. The van der Waals surface area contributed by atoms with E-state index in [1.165, 1.54) is 5.56 Å². The highest BCUT2D eigenvalue weighted by Gasteiger charge is 2.16. The lowest BCUT2D eigenvalue weighted by atomic mass is 10.2. The Morgan fingerprint density at radius 1 is 1.41 bits per heavy atom. The van der Waals surface area contributed by atoms with Gasteiger partial charge in [-0.3, -0.25) is 0 Å². The third kappa shape index (κ3) is 4.39. The molecule has 2 rings (SSSR count). The highest BCUT2D eigenvalue weighted by Crippen LogP contribution is 2.10. The summed E-state index contributed by atoms with van der Waals surface area (Å²) >= 11 is 3.44. The van der Waals surface area contributed by atoms with Crippen LogP contribution in [0.5, 0.6) is 0 Å². The summed E-state index contributed by atoms with van der Waals surface area (Å²) in [4.78, 5) is 2.31. The molecule has 1 aromatic carbocycles. The molecule has 0 aromatic heterocycles. The molecule has 0 radical (unpaired) electrons. The van der Waals surface area contributed by atoms with Gasteiger partial charge in [-0.25, -0.2) is 0 Å². The monoisotopic (exact) mass is 298 g/mol. The van der Waals surface area contributed by atoms with E-state index in [1.807, 2.05) is 0 Å². The number of rotatable bonds is 4. The van der Waals surface area contributed by atoms with Crippen molar-refractivity contribution in [3.63, 3.8) is 0 Å². The van der Waals surface area contributed by atoms with E-state index in [0.29, 0.717) is 6.10 Å². The Bertz CT molecular complexity index is 342. The van der Waals surface area contributed by atoms with Gasteiger partial charge in [-0.1, -0.05) is 28.1 Å². The summed E-state index contributed by atoms with van der Waals surface area (Å²) in [6.07, 6.45) is 0.323. The largest absolute Gasteiger partial charge is 0.374 e. The molecule has 0 aliphatic carbocycles. The summed E-state index contributed by atoms with van der Waals surface area (Å²) in [6.45, 7) is 4.73. The van der Waals surface area contributed by atoms with Gasteiger partial charge in [0.15, 0.2) is 0 Å². The van der Waals surface area contributed by atoms with Crippen molar-refractivity contribution in [3.05, 3.63) is 34.3 Å². The fraction of sp³-hybridized carbons (Fsp3) is 0.538. The molecule has 0 spiro atoms. The first kappa shape index (κ1) is 13.0. The van der Waals surface area contributed by atoms with Crippen LogP contribution in [0.3, 0.4) is 0 Å². The average Bonchev–Trinajstić information content (AvgIpc) is 2.32. The molecule has 1 aliphatic heterocycles. The SMILES string of the molecule is CN1CCOC(CNCc2ccc(Br)cc2)C1. The Kier molecular flexibility index (Phi) is 4.98. The van der Waals surface area contributed by atoms with Crippen LogP contribution in [0.15, 0.2) is 28.7 Å². The molecule has 4 heteroatoms. The van der Waals surface area contributed by atoms with E-state index in [2.05, 4.69) is 57.5 Å². The summed E-state index contributed by atoms with van der Waals surface area (Å²) in [5.41, 5.74) is 1.30. The first-order chi connectivity index (χ1) is 8.24. The molecule has 1 unspecified atom stereocenters. The van der Waals surface area contributed by atoms with Crippen molar-refractivity contribution in [1.29, 1.82) is 0 Å². The van der Waals surface area contributed by atoms with E-state index in [0.717, 1.165) is 37.3 Å². The standard InChI is InChI=1S/C13H19BrN2O/c1-16-6-7-17-13(10-16)9-15-8-11-2-4-12(14)5-3-11/h2-5,13,15H,6-10H2,1H3. The fourth-order valence-corrected chi connectivity index (χ4v) is 2.23. The summed E-state index contributed by atoms with van der Waals surface area (Å²) in [5.74, 6) is 0. The lowest BCUT2D eigenvalue weighted by molar-refractivity contribution is -0.0182. The third-order valence-electron chi connectivity index (χ3n) is 2.96. The topological polar surface area (TPSA) is 24.5 Å². The highest BCUT2D eigenvalue weighted by atomic mass is 79.9. The fourth-order valence-electron chi connectivity index (χ4n) is 1.97. The van der Waals surface area contributed by atoms with Crippen molar-refractivity contribution in [1.82, 2.24) is 10.2 Å². The molecule has 1 aromatic rings. The van der Waals surface area contributed by atoms with Gasteiger partial charge in [0, 0.05) is 30.7 Å². The minimum Gasteiger partial charge on any atom is -0.374 e. The van der Waals surface area contributed by atoms with E-state index in [4.69, 9.17) is 4.74 Å². The number of likely N-dealkylation sites (N-methyl/N-ethyl adjacent to an activating group) is 1. The van der Waals surface area contributed by atoms with Crippen molar-refractivity contribution in [2.24, 2.45) is 0 Å². The van der Waals surface area contributed by atoms with Gasteiger partial charge in [-0.2, -0.15) is 0 Å². The Balaban J connectivity index is 1.70. The minimum absolute atomic E-state index is 0.323. The maximum absolute atomic E-state index is 5.69. The first-order valence-electron chi connectivity index (χ1n) is 5.99. The van der Waals surface area contributed by atoms with E-state index in [9.17, 15) is 0 Å². The van der Waals surface area contributed by atoms with Crippen molar-refractivity contribution in [2.45, 2.75) is 12.6 Å². The van der Waals surface area contributed by atoms with E-state index < -0.39 is 0 Å². The lowest BCUT2D eigenvalue weighted by Crippen LogP contribution is -2.44. The number of nitrogens with zero attached hydrogens (tertiary/aromatic N) is 1. The van der Waals surface area contributed by atoms with Gasteiger partial charge in [-0.15, -0.1) is 0 Å². The number of benzene rings is 1. The average molecular weight is 299 g/mol. The van der Waals surface area contributed by atoms with Crippen molar-refractivity contribution in [3.8, 4) is 0 Å². The summed E-state index contributed by atoms with van der Waals surface area (Å²) < 4.78 is 6.82. The maximum atomic E-state index is 5.69. The number of hydrogen-bond acceptors (Lipinski definition) is 3. The Morgan fingerprint density at radius 2 is 2.18 bits per heavy atom. The van der Waals surface area contributed by atoms with Crippen LogP contribution >= 0.6 is 15.9 Å². The van der Waals surface area contributed by atoms with Crippen LogP contribution in [0.25, 0.3) is 0 Å². The Labute approximate surface area is 111 Å². The van der Waals surface area contributed by atoms with Crippen molar-refractivity contribution in [2.75, 3.05) is 33.3 Å². The second-order valence-corrected chi connectivity index (χ2v) is 5.43. The molecule has 1 heterocycles. The number of ether oxygens (including phenoxy) is 1. The van der Waals surface area contributed by atoms with Crippen LogP contribution in [0.2, 0.25) is 0 Å². The molecular formula is C13H19BrN2O. The zero-order chi connectivity index (χ0) is 12.1. The highest BCUT2D eigenvalue weighted by molar-refractivity contribution is 9.10. The second-order valence-electron chi connectivity index (χ2n) is 4.51. The van der Waals surface area contributed by atoms with Crippen LogP contribution in [0.1, 0.15) is 5.56 Å². The number of hydrogen-bond donors (Lipinski definition) is 1. The molecular weight excluding hydrogens is 280 g/mol. The number of morpholine rings is 1. The molecule has 3 nitrogen and oxygen atoms in total. The normalized spacial score (nSPS) is 21.6. The van der Waals surface area contributed by atoms with E-state index in [1.54, 1.807) is 0 Å². The molecule has 1 atom stereocenters. The van der Waals surface area contributed by atoms with E-state index in [-0.39, 0.29) is 0 Å². The molecule has 0 saturated carbocycles. The molecule has 1 saturated heterocycles. The van der Waals surface area contributed by atoms with Crippen LogP contribution < -0.4 is 5.32 Å². The summed E-state index contributed by atoms with van der Waals surface area (Å²) in [5, 5.41) is 3.44. The zero-order valence-corrected chi connectivity index (χ0v) is 11.7. The first-order valence-corrected chi connectivity index (χ1v) is 6.78. The Morgan fingerprint density at radius 3 is 2.88 bits per heavy atom. The van der Waals surface area contributed by atoms with Gasteiger partial charge < -0.3 is 15.0 Å². The zero-order valence-electron chi connectivity index (χ0n) is 10.2. The lowest BCUT2D eigenvalue weighted by Gasteiger charge is -2.30. The van der Waals surface area contributed by atoms with Gasteiger partial charge in [0.25, 0.3) is 0 Å². The summed E-state index contributed by atoms with van der Waals surface area (Å²) in [6, 6.07) is 8.40. The van der Waals surface area contributed by atoms with Crippen LogP contribution in [-0.4, -0.2) is 44.3 Å². The molecule has 94 valence electrons.